The summed E-state index contributed by atoms with van der Waals surface area (Å²) in [5.74, 6) is -2.71. The largest absolute Gasteiger partial charge is 0.488 e. The summed E-state index contributed by atoms with van der Waals surface area (Å²) in [5, 5.41) is 2.21. The lowest BCUT2D eigenvalue weighted by Gasteiger charge is -2.51. The molecular weight excluding hydrogens is 527 g/mol. The first kappa shape index (κ1) is 23.5. The van der Waals surface area contributed by atoms with Crippen molar-refractivity contribution in [1.82, 2.24) is 4.90 Å². The number of fused-ring (bicyclic) bond motifs is 3. The van der Waals surface area contributed by atoms with Gasteiger partial charge in [0, 0.05) is 11.6 Å². The van der Waals surface area contributed by atoms with Crippen LogP contribution < -0.4 is 4.74 Å². The number of benzene rings is 2. The van der Waals surface area contributed by atoms with Gasteiger partial charge in [-0.15, -0.1) is 11.3 Å². The number of carbonyl (C=O) groups is 1. The number of ether oxygens (including phenoxy) is 1. The number of likely N-dealkylation sites (tertiary alicyclic amines) is 1. The molecule has 0 saturated carbocycles. The standard InChI is InChI=1S/C23H17Cl2F2NO4S2/c24-13-2-4-14(5-3-13)34(30,31)23-9-1-10-28(22(29)21-15(25)8-11-33-21)18(23)12-32-20-17(27)7-6-16(26)19(20)23/h2-8,11,18H,1,9-10,12H2/t18-,23+/m0/s1. The van der Waals surface area contributed by atoms with Crippen LogP contribution in [0, 0.1) is 11.6 Å². The monoisotopic (exact) mass is 543 g/mol. The van der Waals surface area contributed by atoms with Crippen LogP contribution in [0.25, 0.3) is 0 Å². The third kappa shape index (κ3) is 3.36. The summed E-state index contributed by atoms with van der Waals surface area (Å²) in [5.41, 5.74) is -0.395. The van der Waals surface area contributed by atoms with Crippen LogP contribution in [-0.2, 0) is 14.6 Å². The predicted molar refractivity (Wildman–Crippen MR) is 126 cm³/mol. The Bertz CT molecular complexity index is 1390. The lowest BCUT2D eigenvalue weighted by molar-refractivity contribution is 0.0323. The second-order valence-electron chi connectivity index (χ2n) is 8.11. The number of hydrogen-bond acceptors (Lipinski definition) is 5. The highest BCUT2D eigenvalue weighted by Crippen LogP contribution is 2.54. The molecule has 2 aliphatic rings. The molecule has 0 N–H and O–H groups in total. The lowest BCUT2D eigenvalue weighted by Crippen LogP contribution is -2.64. The van der Waals surface area contributed by atoms with Crippen molar-refractivity contribution in [3.8, 4) is 5.75 Å². The Morgan fingerprint density at radius 1 is 1.09 bits per heavy atom. The van der Waals surface area contributed by atoms with Crippen LogP contribution in [0.2, 0.25) is 10.0 Å². The minimum Gasteiger partial charge on any atom is -0.488 e. The number of rotatable bonds is 3. The molecule has 0 bridgehead atoms. The zero-order valence-electron chi connectivity index (χ0n) is 17.4. The van der Waals surface area contributed by atoms with Gasteiger partial charge in [-0.3, -0.25) is 4.79 Å². The minimum absolute atomic E-state index is 0.0265. The van der Waals surface area contributed by atoms with Gasteiger partial charge >= 0.3 is 0 Å². The van der Waals surface area contributed by atoms with E-state index < -0.39 is 49.5 Å². The van der Waals surface area contributed by atoms with Crippen molar-refractivity contribution in [2.24, 2.45) is 0 Å². The van der Waals surface area contributed by atoms with Gasteiger partial charge in [0.2, 0.25) is 0 Å². The van der Waals surface area contributed by atoms with E-state index in [4.69, 9.17) is 27.9 Å². The van der Waals surface area contributed by atoms with Gasteiger partial charge in [0.25, 0.3) is 5.91 Å². The molecule has 1 saturated heterocycles. The molecule has 5 nitrogen and oxygen atoms in total. The molecule has 1 fully saturated rings. The molecule has 0 spiro atoms. The van der Waals surface area contributed by atoms with E-state index in [2.05, 4.69) is 0 Å². The predicted octanol–water partition coefficient (Wildman–Crippen LogP) is 5.70. The van der Waals surface area contributed by atoms with Gasteiger partial charge in [-0.05, 0) is 60.7 Å². The van der Waals surface area contributed by atoms with E-state index in [-0.39, 0.29) is 40.8 Å². The molecule has 5 rings (SSSR count). The zero-order valence-corrected chi connectivity index (χ0v) is 20.6. The fraction of sp³-hybridized carbons (Fsp3) is 0.261. The van der Waals surface area contributed by atoms with E-state index in [0.717, 1.165) is 23.5 Å². The summed E-state index contributed by atoms with van der Waals surface area (Å²) < 4.78 is 62.3. The number of nitrogens with zero attached hydrogens (tertiary/aromatic N) is 1. The summed E-state index contributed by atoms with van der Waals surface area (Å²) >= 11 is 13.3. The Labute approximate surface area is 208 Å². The van der Waals surface area contributed by atoms with Crippen LogP contribution in [0.1, 0.15) is 28.1 Å². The van der Waals surface area contributed by atoms with Crippen LogP contribution in [-0.4, -0.2) is 38.4 Å². The number of halogens is 4. The van der Waals surface area contributed by atoms with Crippen molar-refractivity contribution in [2.75, 3.05) is 13.2 Å². The number of sulfone groups is 1. The smallest absolute Gasteiger partial charge is 0.265 e. The maximum Gasteiger partial charge on any atom is 0.265 e. The molecule has 2 atom stereocenters. The quantitative estimate of drug-likeness (QED) is 0.425. The third-order valence-electron chi connectivity index (χ3n) is 6.40. The highest BCUT2D eigenvalue weighted by molar-refractivity contribution is 7.92. The van der Waals surface area contributed by atoms with Crippen molar-refractivity contribution in [3.63, 3.8) is 0 Å². The molecule has 3 heterocycles. The van der Waals surface area contributed by atoms with Gasteiger partial charge < -0.3 is 9.64 Å². The van der Waals surface area contributed by atoms with Crippen molar-refractivity contribution < 1.29 is 26.7 Å². The van der Waals surface area contributed by atoms with Gasteiger partial charge in [-0.1, -0.05) is 23.2 Å². The average molecular weight is 544 g/mol. The van der Waals surface area contributed by atoms with Crippen LogP contribution in [0.5, 0.6) is 5.75 Å². The first-order chi connectivity index (χ1) is 16.2. The summed E-state index contributed by atoms with van der Waals surface area (Å²) in [6, 6.07) is 7.72. The Morgan fingerprint density at radius 3 is 2.47 bits per heavy atom. The van der Waals surface area contributed by atoms with E-state index in [9.17, 15) is 17.6 Å². The van der Waals surface area contributed by atoms with Crippen LogP contribution in [0.15, 0.2) is 52.7 Å². The fourth-order valence-electron chi connectivity index (χ4n) is 4.93. The molecule has 0 aliphatic carbocycles. The molecule has 1 aromatic heterocycles. The molecule has 178 valence electrons. The summed E-state index contributed by atoms with van der Waals surface area (Å²) in [7, 11) is -4.37. The van der Waals surface area contributed by atoms with Crippen molar-refractivity contribution in [3.05, 3.63) is 80.0 Å². The van der Waals surface area contributed by atoms with Crippen molar-refractivity contribution in [2.45, 2.75) is 28.5 Å². The van der Waals surface area contributed by atoms with Gasteiger partial charge in [0.05, 0.1) is 21.5 Å². The summed E-state index contributed by atoms with van der Waals surface area (Å²) in [4.78, 5) is 15.0. The van der Waals surface area contributed by atoms with Gasteiger partial charge in [0.15, 0.2) is 21.4 Å². The van der Waals surface area contributed by atoms with Gasteiger partial charge in [0.1, 0.15) is 22.0 Å². The number of piperidine rings is 1. The number of amides is 1. The number of thiophene rings is 1. The normalized spacial score (nSPS) is 22.0. The Hall–Kier alpha value is -2.20. The molecule has 3 aromatic rings. The molecular formula is C23H17Cl2F2NO4S2. The average Bonchev–Trinajstić information content (AvgIpc) is 3.26. The molecule has 34 heavy (non-hydrogen) atoms. The molecule has 0 unspecified atom stereocenters. The van der Waals surface area contributed by atoms with E-state index in [1.807, 2.05) is 0 Å². The second-order valence-corrected chi connectivity index (χ2v) is 12.1. The van der Waals surface area contributed by atoms with Crippen molar-refractivity contribution in [1.29, 1.82) is 0 Å². The maximum absolute atomic E-state index is 15.4. The van der Waals surface area contributed by atoms with E-state index >= 15 is 4.39 Å². The highest BCUT2D eigenvalue weighted by atomic mass is 35.5. The molecule has 11 heteroatoms. The Balaban J connectivity index is 1.77. The van der Waals surface area contributed by atoms with E-state index in [1.54, 1.807) is 11.4 Å². The minimum atomic E-state index is -4.37. The highest BCUT2D eigenvalue weighted by Gasteiger charge is 2.61. The number of hydrogen-bond donors (Lipinski definition) is 0. The topological polar surface area (TPSA) is 63.7 Å². The first-order valence-electron chi connectivity index (χ1n) is 10.3. The molecule has 2 aromatic carbocycles. The zero-order chi connectivity index (χ0) is 24.3. The molecule has 2 aliphatic heterocycles. The summed E-state index contributed by atoms with van der Waals surface area (Å²) in [6.45, 7) is -0.111. The molecule has 1 amide bonds. The summed E-state index contributed by atoms with van der Waals surface area (Å²) in [6.07, 6.45) is 0.217. The maximum atomic E-state index is 15.4. The lowest BCUT2D eigenvalue weighted by atomic mass is 9.80. The Morgan fingerprint density at radius 2 is 1.79 bits per heavy atom. The first-order valence-corrected chi connectivity index (χ1v) is 13.5. The van der Waals surface area contributed by atoms with Gasteiger partial charge in [-0.25, -0.2) is 17.2 Å². The molecule has 0 radical (unpaired) electrons. The van der Waals surface area contributed by atoms with E-state index in [1.165, 1.54) is 29.2 Å². The van der Waals surface area contributed by atoms with Gasteiger partial charge in [-0.2, -0.15) is 0 Å². The van der Waals surface area contributed by atoms with Crippen LogP contribution in [0.3, 0.4) is 0 Å². The van der Waals surface area contributed by atoms with Crippen LogP contribution >= 0.6 is 34.5 Å². The third-order valence-corrected chi connectivity index (χ3v) is 10.5. The SMILES string of the molecule is O=C(c1sccc1Cl)N1CCC[C@]2(S(=O)(=O)c3ccc(Cl)cc3)c3c(F)ccc(F)c3OC[C@H]12. The Kier molecular flexibility index (Phi) is 5.87. The number of carbonyl (C=O) groups excluding carboxylic acids is 1. The van der Waals surface area contributed by atoms with Crippen LogP contribution in [0.4, 0.5) is 8.78 Å². The fourth-order valence-corrected chi connectivity index (χ4v) is 8.48. The van der Waals surface area contributed by atoms with Crippen molar-refractivity contribution >= 4 is 50.3 Å². The van der Waals surface area contributed by atoms with E-state index in [0.29, 0.717) is 5.02 Å². The second kappa shape index (κ2) is 8.48.